The van der Waals surface area contributed by atoms with Gasteiger partial charge in [0.15, 0.2) is 0 Å². The van der Waals surface area contributed by atoms with E-state index in [-0.39, 0.29) is 0 Å². The van der Waals surface area contributed by atoms with Gasteiger partial charge < -0.3 is 4.90 Å². The van der Waals surface area contributed by atoms with Crippen LogP contribution < -0.4 is 4.90 Å². The van der Waals surface area contributed by atoms with E-state index in [2.05, 4.69) is 40.7 Å². The van der Waals surface area contributed by atoms with E-state index in [4.69, 9.17) is 11.6 Å². The first-order valence-corrected chi connectivity index (χ1v) is 7.56. The second-order valence-electron chi connectivity index (χ2n) is 5.32. The van der Waals surface area contributed by atoms with Crippen molar-refractivity contribution in [2.24, 2.45) is 0 Å². The van der Waals surface area contributed by atoms with Crippen molar-refractivity contribution in [1.82, 2.24) is 19.6 Å². The molecule has 2 heterocycles. The summed E-state index contributed by atoms with van der Waals surface area (Å²) < 4.78 is 1.78. The van der Waals surface area contributed by atoms with E-state index >= 15 is 0 Å². The molecular formula is C14H22ClN5. The Morgan fingerprint density at radius 1 is 1.35 bits per heavy atom. The molecule has 2 aromatic rings. The number of halogens is 1. The Kier molecular flexibility index (Phi) is 4.81. The van der Waals surface area contributed by atoms with Gasteiger partial charge in [0.25, 0.3) is 5.78 Å². The SMILES string of the molecule is CCCCCN(c1c(C)c(Cl)nc2ncnn12)C(C)C. The summed E-state index contributed by atoms with van der Waals surface area (Å²) in [7, 11) is 0. The maximum atomic E-state index is 6.24. The van der Waals surface area contributed by atoms with Crippen molar-refractivity contribution in [3.63, 3.8) is 0 Å². The number of hydrogen-bond donors (Lipinski definition) is 0. The fraction of sp³-hybridized carbons (Fsp3) is 0.643. The summed E-state index contributed by atoms with van der Waals surface area (Å²) in [6.45, 7) is 9.55. The molecule has 0 amide bonds. The van der Waals surface area contributed by atoms with Gasteiger partial charge in [-0.1, -0.05) is 31.4 Å². The topological polar surface area (TPSA) is 46.3 Å². The highest BCUT2D eigenvalue weighted by Gasteiger charge is 2.20. The molecular weight excluding hydrogens is 274 g/mol. The predicted molar refractivity (Wildman–Crippen MR) is 82.5 cm³/mol. The molecule has 0 aliphatic rings. The van der Waals surface area contributed by atoms with Crippen LogP contribution in [0, 0.1) is 6.92 Å². The monoisotopic (exact) mass is 295 g/mol. The quantitative estimate of drug-likeness (QED) is 0.604. The Balaban J connectivity index is 2.46. The zero-order chi connectivity index (χ0) is 14.7. The van der Waals surface area contributed by atoms with Crippen LogP contribution in [0.4, 0.5) is 5.82 Å². The van der Waals surface area contributed by atoms with Crippen LogP contribution in [-0.4, -0.2) is 32.2 Å². The Labute approximate surface area is 125 Å². The van der Waals surface area contributed by atoms with Gasteiger partial charge in [-0.25, -0.2) is 0 Å². The van der Waals surface area contributed by atoms with Gasteiger partial charge in [-0.05, 0) is 27.2 Å². The molecule has 110 valence electrons. The molecule has 0 saturated heterocycles. The lowest BCUT2D eigenvalue weighted by Gasteiger charge is -2.30. The molecule has 6 heteroatoms. The summed E-state index contributed by atoms with van der Waals surface area (Å²) in [6.07, 6.45) is 5.11. The number of aromatic nitrogens is 4. The second-order valence-corrected chi connectivity index (χ2v) is 5.68. The molecule has 0 spiro atoms. The second kappa shape index (κ2) is 6.39. The van der Waals surface area contributed by atoms with Crippen molar-refractivity contribution in [2.45, 2.75) is 53.0 Å². The van der Waals surface area contributed by atoms with Gasteiger partial charge in [-0.3, -0.25) is 0 Å². The lowest BCUT2D eigenvalue weighted by Crippen LogP contribution is -2.34. The van der Waals surface area contributed by atoms with Crippen LogP contribution in [0.5, 0.6) is 0 Å². The maximum Gasteiger partial charge on any atom is 0.255 e. The summed E-state index contributed by atoms with van der Waals surface area (Å²) in [5, 5.41) is 4.80. The minimum atomic E-state index is 0.372. The Bertz CT molecular complexity index is 578. The molecule has 0 bridgehead atoms. The number of hydrogen-bond acceptors (Lipinski definition) is 4. The zero-order valence-corrected chi connectivity index (χ0v) is 13.4. The van der Waals surface area contributed by atoms with E-state index in [0.717, 1.165) is 24.3 Å². The molecule has 0 fully saturated rings. The smallest absolute Gasteiger partial charge is 0.255 e. The molecule has 0 radical (unpaired) electrons. The van der Waals surface area contributed by atoms with Gasteiger partial charge >= 0.3 is 0 Å². The largest absolute Gasteiger partial charge is 0.354 e. The van der Waals surface area contributed by atoms with E-state index in [1.54, 1.807) is 4.52 Å². The Hall–Kier alpha value is -1.36. The highest BCUT2D eigenvalue weighted by molar-refractivity contribution is 6.30. The highest BCUT2D eigenvalue weighted by Crippen LogP contribution is 2.27. The third-order valence-electron chi connectivity index (χ3n) is 3.47. The molecule has 0 N–H and O–H groups in total. The molecule has 5 nitrogen and oxygen atoms in total. The molecule has 0 aliphatic heterocycles. The predicted octanol–water partition coefficient (Wildman–Crippen LogP) is 3.49. The van der Waals surface area contributed by atoms with Crippen molar-refractivity contribution in [3.05, 3.63) is 17.0 Å². The van der Waals surface area contributed by atoms with E-state index in [1.807, 2.05) is 6.92 Å². The molecule has 0 saturated carbocycles. The third kappa shape index (κ3) is 2.87. The maximum absolute atomic E-state index is 6.24. The first-order valence-electron chi connectivity index (χ1n) is 7.18. The molecule has 0 unspecified atom stereocenters. The summed E-state index contributed by atoms with van der Waals surface area (Å²) in [5.41, 5.74) is 0.954. The van der Waals surface area contributed by atoms with Crippen LogP contribution in [0.2, 0.25) is 5.15 Å². The summed E-state index contributed by atoms with van der Waals surface area (Å²) in [6, 6.07) is 0.372. The highest BCUT2D eigenvalue weighted by atomic mass is 35.5. The first-order chi connectivity index (χ1) is 9.56. The van der Waals surface area contributed by atoms with Crippen molar-refractivity contribution >= 4 is 23.2 Å². The zero-order valence-electron chi connectivity index (χ0n) is 12.6. The number of fused-ring (bicyclic) bond motifs is 1. The standard InChI is InChI=1S/C14H22ClN5/c1-5-6-7-8-19(10(2)3)13-11(4)12(15)18-14-16-9-17-20(13)14/h9-10H,5-8H2,1-4H3. The van der Waals surface area contributed by atoms with Gasteiger partial charge in [-0.2, -0.15) is 19.6 Å². The van der Waals surface area contributed by atoms with E-state index in [1.165, 1.54) is 19.2 Å². The average Bonchev–Trinajstić information content (AvgIpc) is 2.85. The molecule has 2 rings (SSSR count). The van der Waals surface area contributed by atoms with Crippen LogP contribution in [-0.2, 0) is 0 Å². The van der Waals surface area contributed by atoms with E-state index < -0.39 is 0 Å². The summed E-state index contributed by atoms with van der Waals surface area (Å²) in [5.74, 6) is 1.56. The number of anilines is 1. The van der Waals surface area contributed by atoms with Gasteiger partial charge in [-0.15, -0.1) is 0 Å². The third-order valence-corrected chi connectivity index (χ3v) is 3.84. The number of unbranched alkanes of at least 4 members (excludes halogenated alkanes) is 2. The molecule has 20 heavy (non-hydrogen) atoms. The van der Waals surface area contributed by atoms with Gasteiger partial charge in [0.2, 0.25) is 0 Å². The lowest BCUT2D eigenvalue weighted by atomic mass is 10.2. The first kappa shape index (κ1) is 15.0. The molecule has 0 aliphatic carbocycles. The average molecular weight is 296 g/mol. The van der Waals surface area contributed by atoms with E-state index in [0.29, 0.717) is 17.0 Å². The number of rotatable bonds is 6. The van der Waals surface area contributed by atoms with Crippen LogP contribution in [0.15, 0.2) is 6.33 Å². The minimum absolute atomic E-state index is 0.372. The van der Waals surface area contributed by atoms with Crippen molar-refractivity contribution in [2.75, 3.05) is 11.4 Å². The minimum Gasteiger partial charge on any atom is -0.354 e. The van der Waals surface area contributed by atoms with Gasteiger partial charge in [0.1, 0.15) is 17.3 Å². The normalized spacial score (nSPS) is 11.5. The molecule has 0 aromatic carbocycles. The summed E-state index contributed by atoms with van der Waals surface area (Å²) in [4.78, 5) is 10.7. The summed E-state index contributed by atoms with van der Waals surface area (Å²) >= 11 is 6.24. The number of nitrogens with zero attached hydrogens (tertiary/aromatic N) is 5. The fourth-order valence-electron chi connectivity index (χ4n) is 2.36. The van der Waals surface area contributed by atoms with Crippen LogP contribution in [0.1, 0.15) is 45.6 Å². The Morgan fingerprint density at radius 3 is 2.75 bits per heavy atom. The van der Waals surface area contributed by atoms with Crippen molar-refractivity contribution < 1.29 is 0 Å². The van der Waals surface area contributed by atoms with Crippen molar-refractivity contribution in [3.8, 4) is 0 Å². The van der Waals surface area contributed by atoms with Crippen LogP contribution >= 0.6 is 11.6 Å². The van der Waals surface area contributed by atoms with Gasteiger partial charge in [0, 0.05) is 18.2 Å². The molecule has 2 aromatic heterocycles. The lowest BCUT2D eigenvalue weighted by molar-refractivity contribution is 0.610. The molecule has 0 atom stereocenters. The fourth-order valence-corrected chi connectivity index (χ4v) is 2.52. The van der Waals surface area contributed by atoms with Crippen LogP contribution in [0.3, 0.4) is 0 Å². The van der Waals surface area contributed by atoms with Gasteiger partial charge in [0.05, 0.1) is 0 Å². The Morgan fingerprint density at radius 2 is 2.10 bits per heavy atom. The van der Waals surface area contributed by atoms with E-state index in [9.17, 15) is 0 Å². The van der Waals surface area contributed by atoms with Crippen LogP contribution in [0.25, 0.3) is 5.78 Å². The van der Waals surface area contributed by atoms with Crippen molar-refractivity contribution in [1.29, 1.82) is 0 Å².